The van der Waals surface area contributed by atoms with Crippen molar-refractivity contribution in [2.24, 2.45) is 0 Å². The molecule has 2 aromatic carbocycles. The maximum absolute atomic E-state index is 6.17. The average Bonchev–Trinajstić information content (AvgIpc) is 2.53. The maximum atomic E-state index is 6.17. The zero-order valence-electron chi connectivity index (χ0n) is 17.2. The van der Waals surface area contributed by atoms with E-state index in [9.17, 15) is 0 Å². The Morgan fingerprint density at radius 3 is 2.27 bits per heavy atom. The highest BCUT2D eigenvalue weighted by atomic mass is 35.5. The van der Waals surface area contributed by atoms with Crippen LogP contribution in [-0.2, 0) is 10.8 Å². The first-order valence-corrected chi connectivity index (χ1v) is 9.65. The van der Waals surface area contributed by atoms with Crippen LogP contribution < -0.4 is 10.1 Å². The average molecular weight is 374 g/mol. The molecule has 0 saturated carbocycles. The van der Waals surface area contributed by atoms with Crippen molar-refractivity contribution >= 4 is 17.3 Å². The van der Waals surface area contributed by atoms with Crippen LogP contribution >= 0.6 is 11.6 Å². The quantitative estimate of drug-likeness (QED) is 0.586. The number of anilines is 1. The highest BCUT2D eigenvalue weighted by Gasteiger charge is 2.23. The molecule has 0 fully saturated rings. The van der Waals surface area contributed by atoms with Gasteiger partial charge in [0, 0.05) is 17.3 Å². The van der Waals surface area contributed by atoms with E-state index in [0.717, 1.165) is 28.6 Å². The first kappa shape index (κ1) is 20.6. The Labute approximate surface area is 163 Å². The summed E-state index contributed by atoms with van der Waals surface area (Å²) in [7, 11) is 0. The maximum Gasteiger partial charge on any atom is 0.123 e. The second-order valence-electron chi connectivity index (χ2n) is 8.90. The lowest BCUT2D eigenvalue weighted by Crippen LogP contribution is -2.19. The Hall–Kier alpha value is -1.67. The van der Waals surface area contributed by atoms with Crippen LogP contribution in [-0.4, -0.2) is 13.2 Å². The van der Waals surface area contributed by atoms with E-state index in [0.29, 0.717) is 6.61 Å². The van der Waals surface area contributed by atoms with Crippen molar-refractivity contribution in [3.8, 4) is 5.75 Å². The molecular weight excluding hydrogens is 342 g/mol. The normalized spacial score (nSPS) is 12.2. The molecule has 0 saturated heterocycles. The van der Waals surface area contributed by atoms with E-state index >= 15 is 0 Å². The van der Waals surface area contributed by atoms with E-state index in [1.54, 1.807) is 0 Å². The summed E-state index contributed by atoms with van der Waals surface area (Å²) in [5.41, 5.74) is 4.88. The fraction of sp³-hybridized carbons (Fsp3) is 0.478. The Morgan fingerprint density at radius 2 is 1.65 bits per heavy atom. The van der Waals surface area contributed by atoms with Crippen LogP contribution in [0.3, 0.4) is 0 Å². The van der Waals surface area contributed by atoms with Gasteiger partial charge in [-0.3, -0.25) is 0 Å². The Balaban J connectivity index is 2.08. The van der Waals surface area contributed by atoms with Crippen LogP contribution in [0.4, 0.5) is 5.69 Å². The monoisotopic (exact) mass is 373 g/mol. The molecule has 3 heteroatoms. The van der Waals surface area contributed by atoms with Gasteiger partial charge >= 0.3 is 0 Å². The molecular formula is C23H32ClNO. The molecule has 0 spiro atoms. The molecule has 0 aliphatic rings. The smallest absolute Gasteiger partial charge is 0.123 e. The Bertz CT molecular complexity index is 754. The molecule has 0 bridgehead atoms. The molecule has 2 nitrogen and oxygen atoms in total. The van der Waals surface area contributed by atoms with E-state index < -0.39 is 0 Å². The molecule has 0 amide bonds. The first-order valence-electron chi connectivity index (χ1n) is 9.27. The largest absolute Gasteiger partial charge is 0.491 e. The van der Waals surface area contributed by atoms with Gasteiger partial charge in [-0.15, -0.1) is 0 Å². The first-order chi connectivity index (χ1) is 12.0. The number of hydrogen-bond acceptors (Lipinski definition) is 2. The van der Waals surface area contributed by atoms with Crippen molar-refractivity contribution in [2.45, 2.75) is 59.3 Å². The molecule has 0 unspecified atom stereocenters. The fourth-order valence-electron chi connectivity index (χ4n) is 2.85. The second kappa shape index (κ2) is 7.92. The van der Waals surface area contributed by atoms with Crippen molar-refractivity contribution in [1.29, 1.82) is 0 Å². The molecule has 0 aliphatic carbocycles. The molecule has 1 N–H and O–H groups in total. The van der Waals surface area contributed by atoms with Gasteiger partial charge in [0.05, 0.1) is 0 Å². The number of halogens is 1. The van der Waals surface area contributed by atoms with Crippen molar-refractivity contribution < 1.29 is 4.74 Å². The molecule has 2 aromatic rings. The molecule has 2 rings (SSSR count). The van der Waals surface area contributed by atoms with E-state index in [1.165, 1.54) is 11.1 Å². The molecule has 0 radical (unpaired) electrons. The van der Waals surface area contributed by atoms with E-state index in [2.05, 4.69) is 65.1 Å². The lowest BCUT2D eigenvalue weighted by atomic mass is 9.80. The minimum absolute atomic E-state index is 0.0353. The second-order valence-corrected chi connectivity index (χ2v) is 9.31. The zero-order valence-corrected chi connectivity index (χ0v) is 17.9. The van der Waals surface area contributed by atoms with Gasteiger partial charge in [0.1, 0.15) is 12.4 Å². The van der Waals surface area contributed by atoms with Gasteiger partial charge in [0.2, 0.25) is 0 Å². The van der Waals surface area contributed by atoms with E-state index in [4.69, 9.17) is 16.3 Å². The number of rotatable bonds is 5. The third-order valence-corrected chi connectivity index (χ3v) is 5.01. The van der Waals surface area contributed by atoms with E-state index in [-0.39, 0.29) is 10.8 Å². The van der Waals surface area contributed by atoms with Crippen LogP contribution in [0.2, 0.25) is 5.02 Å². The summed E-state index contributed by atoms with van der Waals surface area (Å²) in [5.74, 6) is 0.968. The van der Waals surface area contributed by atoms with Crippen LogP contribution in [0.15, 0.2) is 36.4 Å². The highest BCUT2D eigenvalue weighted by molar-refractivity contribution is 6.31. The molecule has 26 heavy (non-hydrogen) atoms. The van der Waals surface area contributed by atoms with E-state index in [1.807, 2.05) is 25.1 Å². The SMILES string of the molecule is Cc1c(Cl)cccc1NCCOc1ccc(C(C)(C)C)cc1C(C)(C)C. The topological polar surface area (TPSA) is 21.3 Å². The lowest BCUT2D eigenvalue weighted by Gasteiger charge is -2.27. The van der Waals surface area contributed by atoms with Gasteiger partial charge in [-0.2, -0.15) is 0 Å². The van der Waals surface area contributed by atoms with Gasteiger partial charge in [0.25, 0.3) is 0 Å². The molecule has 0 atom stereocenters. The third kappa shape index (κ3) is 5.17. The van der Waals surface area contributed by atoms with Crippen molar-refractivity contribution in [1.82, 2.24) is 0 Å². The van der Waals surface area contributed by atoms with Crippen LogP contribution in [0.25, 0.3) is 0 Å². The van der Waals surface area contributed by atoms with Gasteiger partial charge in [-0.05, 0) is 52.6 Å². The number of benzene rings is 2. The van der Waals surface area contributed by atoms with Crippen LogP contribution in [0, 0.1) is 6.92 Å². The molecule has 0 aliphatic heterocycles. The fourth-order valence-corrected chi connectivity index (χ4v) is 3.03. The summed E-state index contributed by atoms with van der Waals surface area (Å²) in [6.07, 6.45) is 0. The zero-order chi connectivity index (χ0) is 19.5. The minimum atomic E-state index is 0.0353. The number of hydrogen-bond donors (Lipinski definition) is 1. The summed E-state index contributed by atoms with van der Waals surface area (Å²) in [5, 5.41) is 4.19. The molecule has 0 aromatic heterocycles. The highest BCUT2D eigenvalue weighted by Crippen LogP contribution is 2.35. The standard InChI is InChI=1S/C23H32ClNO/c1-16-19(24)9-8-10-20(16)25-13-14-26-21-12-11-17(22(2,3)4)15-18(21)23(5,6)7/h8-12,15,25H,13-14H2,1-7H3. The van der Waals surface area contributed by atoms with Crippen molar-refractivity contribution in [2.75, 3.05) is 18.5 Å². The Morgan fingerprint density at radius 1 is 0.962 bits per heavy atom. The summed E-state index contributed by atoms with van der Waals surface area (Å²) < 4.78 is 6.13. The van der Waals surface area contributed by atoms with Gasteiger partial charge in [-0.1, -0.05) is 71.3 Å². The minimum Gasteiger partial charge on any atom is -0.491 e. The van der Waals surface area contributed by atoms with Crippen molar-refractivity contribution in [3.05, 3.63) is 58.1 Å². The Kier molecular flexibility index (Phi) is 6.29. The van der Waals surface area contributed by atoms with Gasteiger partial charge in [-0.25, -0.2) is 0 Å². The van der Waals surface area contributed by atoms with Crippen molar-refractivity contribution in [3.63, 3.8) is 0 Å². The summed E-state index contributed by atoms with van der Waals surface area (Å²) >= 11 is 6.17. The predicted octanol–water partition coefficient (Wildman–Crippen LogP) is 6.73. The predicted molar refractivity (Wildman–Crippen MR) is 114 cm³/mol. The van der Waals surface area contributed by atoms with Crippen LogP contribution in [0.1, 0.15) is 58.2 Å². The number of ether oxygens (including phenoxy) is 1. The number of nitrogens with one attached hydrogen (secondary N) is 1. The summed E-state index contributed by atoms with van der Waals surface area (Å²) in [4.78, 5) is 0. The third-order valence-electron chi connectivity index (χ3n) is 4.60. The lowest BCUT2D eigenvalue weighted by molar-refractivity contribution is 0.322. The summed E-state index contributed by atoms with van der Waals surface area (Å²) in [6, 6.07) is 12.5. The molecule has 142 valence electrons. The van der Waals surface area contributed by atoms with Crippen LogP contribution in [0.5, 0.6) is 5.75 Å². The molecule has 0 heterocycles. The van der Waals surface area contributed by atoms with Gasteiger partial charge < -0.3 is 10.1 Å². The summed E-state index contributed by atoms with van der Waals surface area (Å²) in [6.45, 7) is 16.8. The van der Waals surface area contributed by atoms with Gasteiger partial charge in [0.15, 0.2) is 0 Å².